The highest BCUT2D eigenvalue weighted by atomic mass is 16.5. The lowest BCUT2D eigenvalue weighted by Gasteiger charge is -2.19. The molecule has 3 rings (SSSR count). The summed E-state index contributed by atoms with van der Waals surface area (Å²) in [6.45, 7) is 2.80. The van der Waals surface area contributed by atoms with Crippen LogP contribution in [0.5, 0.6) is 5.75 Å². The molecule has 1 heterocycles. The summed E-state index contributed by atoms with van der Waals surface area (Å²) in [5.41, 5.74) is 1.49. The van der Waals surface area contributed by atoms with E-state index in [0.717, 1.165) is 25.1 Å². The average Bonchev–Trinajstić information content (AvgIpc) is 3.06. The molecule has 0 radical (unpaired) electrons. The lowest BCUT2D eigenvalue weighted by Crippen LogP contribution is -2.24. The number of carbonyl (C=O) groups excluding carboxylic acids is 2. The molecule has 0 aromatic heterocycles. The van der Waals surface area contributed by atoms with Gasteiger partial charge in [-0.2, -0.15) is 0 Å². The highest BCUT2D eigenvalue weighted by Gasteiger charge is 2.39. The van der Waals surface area contributed by atoms with Crippen LogP contribution >= 0.6 is 0 Å². The number of nitrogens with one attached hydrogen (secondary N) is 1. The van der Waals surface area contributed by atoms with E-state index in [1.165, 1.54) is 0 Å². The predicted octanol–water partition coefficient (Wildman–Crippen LogP) is 2.42. The fourth-order valence-electron chi connectivity index (χ4n) is 2.80. The minimum absolute atomic E-state index is 0.0644. The Labute approximate surface area is 124 Å². The van der Waals surface area contributed by atoms with E-state index in [0.29, 0.717) is 23.8 Å². The van der Waals surface area contributed by atoms with Gasteiger partial charge in [-0.25, -0.2) is 0 Å². The highest BCUT2D eigenvalue weighted by molar-refractivity contribution is 5.98. The first-order valence-corrected chi connectivity index (χ1v) is 7.39. The summed E-state index contributed by atoms with van der Waals surface area (Å²) >= 11 is 0. The molecule has 1 aliphatic carbocycles. The third-order valence-electron chi connectivity index (χ3n) is 4.26. The van der Waals surface area contributed by atoms with E-state index in [4.69, 9.17) is 4.74 Å². The quantitative estimate of drug-likeness (QED) is 0.925. The molecule has 2 amide bonds. The summed E-state index contributed by atoms with van der Waals surface area (Å²) in [7, 11) is 1.58. The second-order valence-corrected chi connectivity index (χ2v) is 5.84. The third-order valence-corrected chi connectivity index (χ3v) is 4.26. The zero-order chi connectivity index (χ0) is 15.0. The van der Waals surface area contributed by atoms with Gasteiger partial charge in [-0.05, 0) is 30.9 Å². The van der Waals surface area contributed by atoms with Crippen LogP contribution in [-0.4, -0.2) is 25.5 Å². The molecule has 5 nitrogen and oxygen atoms in total. The van der Waals surface area contributed by atoms with Crippen molar-refractivity contribution in [3.8, 4) is 5.75 Å². The molecule has 2 aliphatic rings. The first-order valence-electron chi connectivity index (χ1n) is 7.39. The van der Waals surface area contributed by atoms with Gasteiger partial charge in [0, 0.05) is 30.6 Å². The van der Waals surface area contributed by atoms with Crippen LogP contribution < -0.4 is 15.0 Å². The van der Waals surface area contributed by atoms with Crippen LogP contribution in [0.3, 0.4) is 0 Å². The van der Waals surface area contributed by atoms with Crippen molar-refractivity contribution in [1.29, 1.82) is 0 Å². The number of methoxy groups -OCH3 is 1. The number of amides is 2. The Morgan fingerprint density at radius 3 is 2.76 bits per heavy atom. The molecular weight excluding hydrogens is 268 g/mol. The van der Waals surface area contributed by atoms with E-state index in [2.05, 4.69) is 12.2 Å². The van der Waals surface area contributed by atoms with Crippen LogP contribution in [0.1, 0.15) is 26.2 Å². The van der Waals surface area contributed by atoms with E-state index in [-0.39, 0.29) is 17.7 Å². The molecule has 1 N–H and O–H groups in total. The standard InChI is InChI=1S/C16H20N2O3/c1-10-8-12(10)16(20)17-11-5-6-13(14(9-11)21-2)18-7-3-4-15(18)19/h5-6,9-10,12H,3-4,7-8H2,1-2H3,(H,17,20)/t10-,12-/m0/s1. The number of nitrogens with zero attached hydrogens (tertiary/aromatic N) is 1. The van der Waals surface area contributed by atoms with Gasteiger partial charge < -0.3 is 15.0 Å². The van der Waals surface area contributed by atoms with Crippen LogP contribution in [0.15, 0.2) is 18.2 Å². The molecule has 21 heavy (non-hydrogen) atoms. The van der Waals surface area contributed by atoms with Gasteiger partial charge in [-0.3, -0.25) is 9.59 Å². The van der Waals surface area contributed by atoms with Gasteiger partial charge in [-0.15, -0.1) is 0 Å². The number of anilines is 2. The number of carbonyl (C=O) groups is 2. The molecule has 112 valence electrons. The fraction of sp³-hybridized carbons (Fsp3) is 0.500. The molecule has 0 spiro atoms. The van der Waals surface area contributed by atoms with Crippen LogP contribution in [0.2, 0.25) is 0 Å². The van der Waals surface area contributed by atoms with Crippen molar-refractivity contribution in [1.82, 2.24) is 0 Å². The molecule has 1 saturated carbocycles. The van der Waals surface area contributed by atoms with E-state index in [1.54, 1.807) is 18.1 Å². The van der Waals surface area contributed by atoms with Gasteiger partial charge in [0.25, 0.3) is 0 Å². The number of ether oxygens (including phenoxy) is 1. The van der Waals surface area contributed by atoms with E-state index in [1.807, 2.05) is 12.1 Å². The third kappa shape index (κ3) is 2.73. The van der Waals surface area contributed by atoms with Gasteiger partial charge >= 0.3 is 0 Å². The van der Waals surface area contributed by atoms with Crippen LogP contribution in [0, 0.1) is 11.8 Å². The lowest BCUT2D eigenvalue weighted by molar-refractivity contribution is -0.118. The first-order chi connectivity index (χ1) is 10.1. The summed E-state index contributed by atoms with van der Waals surface area (Å²) in [5.74, 6) is 1.42. The minimum Gasteiger partial charge on any atom is -0.494 e. The smallest absolute Gasteiger partial charge is 0.227 e. The van der Waals surface area contributed by atoms with Crippen LogP contribution in [-0.2, 0) is 9.59 Å². The Bertz CT molecular complexity index is 585. The Morgan fingerprint density at radius 1 is 1.43 bits per heavy atom. The zero-order valence-corrected chi connectivity index (χ0v) is 12.4. The molecule has 2 atom stereocenters. The maximum atomic E-state index is 12.0. The van der Waals surface area contributed by atoms with Crippen molar-refractivity contribution < 1.29 is 14.3 Å². The maximum absolute atomic E-state index is 12.0. The second-order valence-electron chi connectivity index (χ2n) is 5.84. The average molecular weight is 288 g/mol. The van der Waals surface area contributed by atoms with Crippen molar-refractivity contribution in [2.45, 2.75) is 26.2 Å². The first kappa shape index (κ1) is 13.9. The second kappa shape index (κ2) is 5.39. The van der Waals surface area contributed by atoms with E-state index in [9.17, 15) is 9.59 Å². The van der Waals surface area contributed by atoms with Crippen molar-refractivity contribution in [2.75, 3.05) is 23.9 Å². The van der Waals surface area contributed by atoms with Crippen molar-refractivity contribution in [3.05, 3.63) is 18.2 Å². The van der Waals surface area contributed by atoms with E-state index >= 15 is 0 Å². The molecule has 1 aromatic carbocycles. The Kier molecular flexibility index (Phi) is 3.57. The van der Waals surface area contributed by atoms with Crippen molar-refractivity contribution in [3.63, 3.8) is 0 Å². The molecule has 5 heteroatoms. The van der Waals surface area contributed by atoms with Gasteiger partial charge in [0.2, 0.25) is 11.8 Å². The molecule has 1 aliphatic heterocycles. The van der Waals surface area contributed by atoms with Gasteiger partial charge in [-0.1, -0.05) is 6.92 Å². The van der Waals surface area contributed by atoms with E-state index < -0.39 is 0 Å². The van der Waals surface area contributed by atoms with Crippen molar-refractivity contribution in [2.24, 2.45) is 11.8 Å². The fourth-order valence-corrected chi connectivity index (χ4v) is 2.80. The molecular formula is C16H20N2O3. The molecule has 2 fully saturated rings. The topological polar surface area (TPSA) is 58.6 Å². The normalized spacial score (nSPS) is 24.1. The monoisotopic (exact) mass is 288 g/mol. The molecule has 0 bridgehead atoms. The lowest BCUT2D eigenvalue weighted by atomic mass is 10.2. The summed E-state index contributed by atoms with van der Waals surface area (Å²) in [4.78, 5) is 25.5. The SMILES string of the molecule is COc1cc(NC(=O)[C@H]2C[C@@H]2C)ccc1N1CCCC1=O. The summed E-state index contributed by atoms with van der Waals surface area (Å²) in [5, 5.41) is 2.92. The van der Waals surface area contributed by atoms with Gasteiger partial charge in [0.05, 0.1) is 12.8 Å². The van der Waals surface area contributed by atoms with Crippen molar-refractivity contribution >= 4 is 23.2 Å². The summed E-state index contributed by atoms with van der Waals surface area (Å²) in [6, 6.07) is 5.45. The molecule has 1 saturated heterocycles. The predicted molar refractivity (Wildman–Crippen MR) is 80.5 cm³/mol. The molecule has 1 aromatic rings. The number of benzene rings is 1. The number of hydrogen-bond donors (Lipinski definition) is 1. The summed E-state index contributed by atoms with van der Waals surface area (Å²) in [6.07, 6.45) is 2.42. The van der Waals surface area contributed by atoms with Crippen LogP contribution in [0.4, 0.5) is 11.4 Å². The Morgan fingerprint density at radius 2 is 2.19 bits per heavy atom. The number of hydrogen-bond acceptors (Lipinski definition) is 3. The molecule has 0 unspecified atom stereocenters. The van der Waals surface area contributed by atoms with Gasteiger partial charge in [0.1, 0.15) is 5.75 Å². The van der Waals surface area contributed by atoms with Gasteiger partial charge in [0.15, 0.2) is 0 Å². The minimum atomic E-state index is 0.0644. The Hall–Kier alpha value is -2.04. The van der Waals surface area contributed by atoms with Crippen LogP contribution in [0.25, 0.3) is 0 Å². The zero-order valence-electron chi connectivity index (χ0n) is 12.4. The maximum Gasteiger partial charge on any atom is 0.227 e. The summed E-state index contributed by atoms with van der Waals surface area (Å²) < 4.78 is 5.38. The highest BCUT2D eigenvalue weighted by Crippen LogP contribution is 2.39. The number of rotatable bonds is 4. The Balaban J connectivity index is 1.78. The largest absolute Gasteiger partial charge is 0.494 e.